The van der Waals surface area contributed by atoms with E-state index in [9.17, 15) is 9.00 Å². The Morgan fingerprint density at radius 1 is 1.33 bits per heavy atom. The van der Waals surface area contributed by atoms with Gasteiger partial charge in [-0.2, -0.15) is 0 Å². The minimum atomic E-state index is -1.01. The third-order valence-corrected chi connectivity index (χ3v) is 3.30. The van der Waals surface area contributed by atoms with Gasteiger partial charge in [-0.25, -0.2) is 0 Å². The highest BCUT2D eigenvalue weighted by Gasteiger charge is 2.16. The molecule has 0 saturated heterocycles. The third-order valence-electron chi connectivity index (χ3n) is 1.80. The van der Waals surface area contributed by atoms with Gasteiger partial charge >= 0.3 is 5.97 Å². The van der Waals surface area contributed by atoms with Crippen LogP contribution in [0.15, 0.2) is 0 Å². The molecule has 0 aromatic heterocycles. The molecule has 0 aliphatic heterocycles. The molecule has 2 atom stereocenters. The normalized spacial score (nSPS) is 15.0. The van der Waals surface area contributed by atoms with Crippen LogP contribution in [0.2, 0.25) is 0 Å². The van der Waals surface area contributed by atoms with Crippen molar-refractivity contribution in [3.05, 3.63) is 0 Å². The van der Waals surface area contributed by atoms with Crippen LogP contribution in [0.25, 0.3) is 0 Å². The molecule has 4 nitrogen and oxygen atoms in total. The van der Waals surface area contributed by atoms with E-state index in [1.54, 1.807) is 6.92 Å². The molecule has 0 bridgehead atoms. The summed E-state index contributed by atoms with van der Waals surface area (Å²) in [6, 6.07) is 0. The molecule has 0 aliphatic rings. The third kappa shape index (κ3) is 7.50. The van der Waals surface area contributed by atoms with Gasteiger partial charge in [0.05, 0.1) is 25.7 Å². The van der Waals surface area contributed by atoms with Crippen molar-refractivity contribution in [2.45, 2.75) is 26.9 Å². The molecule has 0 radical (unpaired) electrons. The zero-order valence-corrected chi connectivity index (χ0v) is 10.6. The first kappa shape index (κ1) is 14.6. The van der Waals surface area contributed by atoms with Gasteiger partial charge in [0.15, 0.2) is 0 Å². The molecule has 0 fully saturated rings. The molecular formula is C10H20O4S. The number of methoxy groups -OCH3 is 1. The topological polar surface area (TPSA) is 52.6 Å². The van der Waals surface area contributed by atoms with E-state index in [4.69, 9.17) is 4.74 Å². The fourth-order valence-corrected chi connectivity index (χ4v) is 2.15. The number of carbonyl (C=O) groups excluding carboxylic acids is 1. The average Bonchev–Trinajstić information content (AvgIpc) is 2.15. The quantitative estimate of drug-likeness (QED) is 0.618. The van der Waals surface area contributed by atoms with Crippen molar-refractivity contribution in [1.29, 1.82) is 0 Å². The van der Waals surface area contributed by atoms with Crippen LogP contribution in [-0.2, 0) is 25.1 Å². The summed E-state index contributed by atoms with van der Waals surface area (Å²) in [4.78, 5) is 11.0. The summed E-state index contributed by atoms with van der Waals surface area (Å²) in [5.41, 5.74) is 0. The second kappa shape index (κ2) is 7.82. The maximum absolute atomic E-state index is 11.5. The number of hydrogen-bond donors (Lipinski definition) is 0. The van der Waals surface area contributed by atoms with Gasteiger partial charge in [-0.1, -0.05) is 6.92 Å². The van der Waals surface area contributed by atoms with Crippen LogP contribution in [0.4, 0.5) is 0 Å². The number of rotatable bonds is 7. The second-order valence-corrected chi connectivity index (χ2v) is 5.28. The van der Waals surface area contributed by atoms with E-state index in [2.05, 4.69) is 4.74 Å². The van der Waals surface area contributed by atoms with E-state index < -0.39 is 10.8 Å². The van der Waals surface area contributed by atoms with Crippen molar-refractivity contribution in [2.75, 3.05) is 25.2 Å². The van der Waals surface area contributed by atoms with Gasteiger partial charge < -0.3 is 9.47 Å². The Balaban J connectivity index is 3.69. The Morgan fingerprint density at radius 2 is 1.93 bits per heavy atom. The highest BCUT2D eigenvalue weighted by molar-refractivity contribution is 7.85. The van der Waals surface area contributed by atoms with Gasteiger partial charge in [-0.15, -0.1) is 0 Å². The van der Waals surface area contributed by atoms with Gasteiger partial charge in [-0.05, 0) is 13.8 Å². The van der Waals surface area contributed by atoms with E-state index in [0.29, 0.717) is 18.1 Å². The van der Waals surface area contributed by atoms with Crippen LogP contribution in [-0.4, -0.2) is 41.5 Å². The van der Waals surface area contributed by atoms with Crippen LogP contribution in [0.1, 0.15) is 20.8 Å². The van der Waals surface area contributed by atoms with Gasteiger partial charge in [-0.3, -0.25) is 9.00 Å². The lowest BCUT2D eigenvalue weighted by Gasteiger charge is -2.10. The van der Waals surface area contributed by atoms with Gasteiger partial charge in [0.1, 0.15) is 0 Å². The van der Waals surface area contributed by atoms with E-state index in [0.717, 1.165) is 0 Å². The average molecular weight is 236 g/mol. The Morgan fingerprint density at radius 3 is 2.40 bits per heavy atom. The Hall–Kier alpha value is -0.420. The van der Waals surface area contributed by atoms with Gasteiger partial charge in [0.2, 0.25) is 0 Å². The van der Waals surface area contributed by atoms with Crippen molar-refractivity contribution >= 4 is 16.8 Å². The van der Waals surface area contributed by atoms with E-state index >= 15 is 0 Å². The molecular weight excluding hydrogens is 216 g/mol. The second-order valence-electron chi connectivity index (χ2n) is 3.65. The Bertz CT molecular complexity index is 215. The summed E-state index contributed by atoms with van der Waals surface area (Å²) < 4.78 is 21.3. The standard InChI is InChI=1S/C10H20O4S/c1-8(2)14-5-6-15(12)7-9(3)10(11)13-4/h8-9H,5-7H2,1-4H3. The van der Waals surface area contributed by atoms with Gasteiger partial charge in [0, 0.05) is 22.3 Å². The minimum absolute atomic E-state index is 0.153. The molecule has 90 valence electrons. The first-order valence-electron chi connectivity index (χ1n) is 5.01. The highest BCUT2D eigenvalue weighted by Crippen LogP contribution is 2.01. The summed E-state index contributed by atoms with van der Waals surface area (Å²) >= 11 is 0. The first-order valence-corrected chi connectivity index (χ1v) is 6.50. The van der Waals surface area contributed by atoms with E-state index in [-0.39, 0.29) is 18.0 Å². The lowest BCUT2D eigenvalue weighted by atomic mass is 10.2. The molecule has 0 N–H and O–H groups in total. The zero-order valence-electron chi connectivity index (χ0n) is 9.82. The number of ether oxygens (including phenoxy) is 2. The van der Waals surface area contributed by atoms with Gasteiger partial charge in [0.25, 0.3) is 0 Å². The van der Waals surface area contributed by atoms with Crippen LogP contribution in [0.3, 0.4) is 0 Å². The SMILES string of the molecule is COC(=O)C(C)CS(=O)CCOC(C)C. The maximum atomic E-state index is 11.5. The minimum Gasteiger partial charge on any atom is -0.469 e. The smallest absolute Gasteiger partial charge is 0.309 e. The largest absolute Gasteiger partial charge is 0.469 e. The molecule has 0 aliphatic carbocycles. The predicted molar refractivity (Wildman–Crippen MR) is 60.1 cm³/mol. The first-order chi connectivity index (χ1) is 6.97. The molecule has 0 heterocycles. The Kier molecular flexibility index (Phi) is 7.60. The summed E-state index contributed by atoms with van der Waals surface area (Å²) in [6.07, 6.45) is 0.153. The molecule has 0 spiro atoms. The lowest BCUT2D eigenvalue weighted by Crippen LogP contribution is -2.22. The fourth-order valence-electron chi connectivity index (χ4n) is 1.01. The summed E-state index contributed by atoms with van der Waals surface area (Å²) in [7, 11) is 0.322. The van der Waals surface area contributed by atoms with E-state index in [1.807, 2.05) is 13.8 Å². The number of hydrogen-bond acceptors (Lipinski definition) is 4. The molecule has 0 aromatic rings. The van der Waals surface area contributed by atoms with E-state index in [1.165, 1.54) is 7.11 Å². The molecule has 0 saturated carbocycles. The summed E-state index contributed by atoms with van der Waals surface area (Å²) in [6.45, 7) is 6.05. The molecule has 2 unspecified atom stereocenters. The van der Waals surface area contributed by atoms with Crippen molar-refractivity contribution in [2.24, 2.45) is 5.92 Å². The van der Waals surface area contributed by atoms with Crippen molar-refractivity contribution in [3.63, 3.8) is 0 Å². The van der Waals surface area contributed by atoms with Crippen molar-refractivity contribution in [3.8, 4) is 0 Å². The molecule has 15 heavy (non-hydrogen) atoms. The van der Waals surface area contributed by atoms with Crippen molar-refractivity contribution < 1.29 is 18.5 Å². The predicted octanol–water partition coefficient (Wildman–Crippen LogP) is 0.969. The number of esters is 1. The highest BCUT2D eigenvalue weighted by atomic mass is 32.2. The number of carbonyl (C=O) groups is 1. The lowest BCUT2D eigenvalue weighted by molar-refractivity contribution is -0.144. The molecule has 0 rings (SSSR count). The van der Waals surface area contributed by atoms with Crippen LogP contribution < -0.4 is 0 Å². The van der Waals surface area contributed by atoms with Crippen LogP contribution in [0, 0.1) is 5.92 Å². The molecule has 0 amide bonds. The maximum Gasteiger partial charge on any atom is 0.309 e. The zero-order chi connectivity index (χ0) is 11.8. The molecule has 0 aromatic carbocycles. The summed E-state index contributed by atoms with van der Waals surface area (Å²) in [5.74, 6) is 0.191. The van der Waals surface area contributed by atoms with Crippen LogP contribution in [0.5, 0.6) is 0 Å². The Labute approximate surface area is 93.8 Å². The van der Waals surface area contributed by atoms with Crippen LogP contribution >= 0.6 is 0 Å². The monoisotopic (exact) mass is 236 g/mol. The van der Waals surface area contributed by atoms with Crippen molar-refractivity contribution in [1.82, 2.24) is 0 Å². The fraction of sp³-hybridized carbons (Fsp3) is 0.900. The summed E-state index contributed by atoms with van der Waals surface area (Å²) in [5, 5.41) is 0. The molecule has 5 heteroatoms.